The fourth-order valence-corrected chi connectivity index (χ4v) is 2.31. The number of nitrogens with zero attached hydrogens (tertiary/aromatic N) is 1. The van der Waals surface area contributed by atoms with E-state index in [9.17, 15) is 4.79 Å². The van der Waals surface area contributed by atoms with Crippen LogP contribution in [0.3, 0.4) is 0 Å². The van der Waals surface area contributed by atoms with Crippen molar-refractivity contribution < 1.29 is 14.6 Å². The molecule has 0 aliphatic heterocycles. The van der Waals surface area contributed by atoms with Gasteiger partial charge < -0.3 is 15.2 Å². The SMILES string of the molecule is O=C(O)COc1cccc(NCc2cnc(Cl)s2)c1. The summed E-state index contributed by atoms with van der Waals surface area (Å²) in [5.41, 5.74) is 0.840. The van der Waals surface area contributed by atoms with Crippen LogP contribution in [-0.4, -0.2) is 22.7 Å². The number of carboxylic acids is 1. The largest absolute Gasteiger partial charge is 0.482 e. The van der Waals surface area contributed by atoms with E-state index in [0.29, 0.717) is 16.8 Å². The maximum absolute atomic E-state index is 10.4. The van der Waals surface area contributed by atoms with Gasteiger partial charge in [0.05, 0.1) is 6.54 Å². The van der Waals surface area contributed by atoms with E-state index in [1.54, 1.807) is 24.4 Å². The molecule has 19 heavy (non-hydrogen) atoms. The molecule has 0 spiro atoms. The van der Waals surface area contributed by atoms with E-state index in [1.165, 1.54) is 11.3 Å². The van der Waals surface area contributed by atoms with Gasteiger partial charge in [0, 0.05) is 22.8 Å². The predicted octanol–water partition coefficient (Wildman–Crippen LogP) is 2.87. The Morgan fingerprint density at radius 1 is 1.53 bits per heavy atom. The number of thiazole rings is 1. The van der Waals surface area contributed by atoms with Crippen LogP contribution < -0.4 is 10.1 Å². The summed E-state index contributed by atoms with van der Waals surface area (Å²) in [5, 5.41) is 11.7. The van der Waals surface area contributed by atoms with E-state index in [0.717, 1.165) is 10.6 Å². The van der Waals surface area contributed by atoms with E-state index < -0.39 is 5.97 Å². The van der Waals surface area contributed by atoms with Gasteiger partial charge in [-0.1, -0.05) is 17.7 Å². The number of rotatable bonds is 6. The van der Waals surface area contributed by atoms with Crippen LogP contribution in [0.25, 0.3) is 0 Å². The van der Waals surface area contributed by atoms with E-state index in [-0.39, 0.29) is 6.61 Å². The van der Waals surface area contributed by atoms with Crippen molar-refractivity contribution >= 4 is 34.6 Å². The highest BCUT2D eigenvalue weighted by atomic mass is 35.5. The summed E-state index contributed by atoms with van der Waals surface area (Å²) in [6.07, 6.45) is 1.71. The number of ether oxygens (including phenoxy) is 1. The normalized spacial score (nSPS) is 10.2. The molecule has 0 bridgehead atoms. The second kappa shape index (κ2) is 6.40. The van der Waals surface area contributed by atoms with Crippen LogP contribution in [0.4, 0.5) is 5.69 Å². The Hall–Kier alpha value is -1.79. The molecule has 2 aromatic rings. The van der Waals surface area contributed by atoms with Crippen LogP contribution in [0.2, 0.25) is 4.47 Å². The first-order chi connectivity index (χ1) is 9.13. The van der Waals surface area contributed by atoms with Gasteiger partial charge in [0.25, 0.3) is 0 Å². The zero-order valence-corrected chi connectivity index (χ0v) is 11.4. The molecule has 100 valence electrons. The minimum absolute atomic E-state index is 0.353. The lowest BCUT2D eigenvalue weighted by Gasteiger charge is -2.07. The van der Waals surface area contributed by atoms with Gasteiger partial charge >= 0.3 is 5.97 Å². The molecule has 5 nitrogen and oxygen atoms in total. The zero-order valence-electron chi connectivity index (χ0n) is 9.80. The van der Waals surface area contributed by atoms with Gasteiger partial charge in [-0.25, -0.2) is 9.78 Å². The Kier molecular flexibility index (Phi) is 4.59. The van der Waals surface area contributed by atoms with Gasteiger partial charge in [0.1, 0.15) is 5.75 Å². The highest BCUT2D eigenvalue weighted by Gasteiger charge is 2.02. The second-order valence-corrected chi connectivity index (χ2v) is 5.34. The molecule has 2 N–H and O–H groups in total. The maximum Gasteiger partial charge on any atom is 0.341 e. The molecule has 0 aliphatic rings. The molecular weight excluding hydrogens is 288 g/mol. The number of anilines is 1. The number of hydrogen-bond donors (Lipinski definition) is 2. The maximum atomic E-state index is 10.4. The van der Waals surface area contributed by atoms with Crippen molar-refractivity contribution in [1.29, 1.82) is 0 Å². The van der Waals surface area contributed by atoms with Crippen molar-refractivity contribution in [3.8, 4) is 5.75 Å². The summed E-state index contributed by atoms with van der Waals surface area (Å²) < 4.78 is 5.60. The third-order valence-corrected chi connectivity index (χ3v) is 3.30. The van der Waals surface area contributed by atoms with Crippen LogP contribution in [-0.2, 0) is 11.3 Å². The molecule has 0 unspecified atom stereocenters. The monoisotopic (exact) mass is 298 g/mol. The molecule has 2 rings (SSSR count). The zero-order chi connectivity index (χ0) is 13.7. The Morgan fingerprint density at radius 3 is 3.05 bits per heavy atom. The Labute approximate surface area is 118 Å². The molecule has 7 heteroatoms. The summed E-state index contributed by atoms with van der Waals surface area (Å²) in [6, 6.07) is 7.11. The summed E-state index contributed by atoms with van der Waals surface area (Å²) >= 11 is 7.15. The van der Waals surface area contributed by atoms with Gasteiger partial charge in [-0.2, -0.15) is 0 Å². The van der Waals surface area contributed by atoms with Crippen molar-refractivity contribution in [3.05, 3.63) is 39.8 Å². The quantitative estimate of drug-likeness (QED) is 0.858. The standard InChI is InChI=1S/C12H11ClN2O3S/c13-12-15-6-10(19-12)5-14-8-2-1-3-9(4-8)18-7-11(16)17/h1-4,6,14H,5,7H2,(H,16,17). The molecule has 0 radical (unpaired) electrons. The van der Waals surface area contributed by atoms with Crippen LogP contribution >= 0.6 is 22.9 Å². The smallest absolute Gasteiger partial charge is 0.341 e. The van der Waals surface area contributed by atoms with Crippen molar-refractivity contribution in [3.63, 3.8) is 0 Å². The van der Waals surface area contributed by atoms with Crippen LogP contribution in [0.5, 0.6) is 5.75 Å². The van der Waals surface area contributed by atoms with Gasteiger partial charge in [-0.05, 0) is 12.1 Å². The average molecular weight is 299 g/mol. The number of carboxylic acid groups (broad SMARTS) is 1. The Morgan fingerprint density at radius 2 is 2.37 bits per heavy atom. The molecule has 0 atom stereocenters. The van der Waals surface area contributed by atoms with Gasteiger partial charge in [0.2, 0.25) is 0 Å². The summed E-state index contributed by atoms with van der Waals surface area (Å²) in [4.78, 5) is 15.4. The number of aromatic nitrogens is 1. The molecule has 1 aromatic heterocycles. The molecule has 0 aliphatic carbocycles. The first-order valence-electron chi connectivity index (χ1n) is 5.42. The Bertz CT molecular complexity index is 574. The van der Waals surface area contributed by atoms with E-state index >= 15 is 0 Å². The van der Waals surface area contributed by atoms with Crippen molar-refractivity contribution in [1.82, 2.24) is 4.98 Å². The van der Waals surface area contributed by atoms with Crippen LogP contribution in [0.1, 0.15) is 4.88 Å². The van der Waals surface area contributed by atoms with Crippen LogP contribution in [0, 0.1) is 0 Å². The molecule has 0 saturated carbocycles. The van der Waals surface area contributed by atoms with Gasteiger partial charge in [-0.3, -0.25) is 0 Å². The van der Waals surface area contributed by atoms with Crippen molar-refractivity contribution in [2.75, 3.05) is 11.9 Å². The second-order valence-electron chi connectivity index (χ2n) is 3.64. The summed E-state index contributed by atoms with van der Waals surface area (Å²) in [6.45, 7) is 0.251. The average Bonchev–Trinajstić information content (AvgIpc) is 2.80. The van der Waals surface area contributed by atoms with E-state index in [1.807, 2.05) is 6.07 Å². The molecule has 1 aromatic carbocycles. The molecular formula is C12H11ClN2O3S. The fraction of sp³-hybridized carbons (Fsp3) is 0.167. The molecule has 0 saturated heterocycles. The lowest BCUT2D eigenvalue weighted by Crippen LogP contribution is -2.09. The number of aliphatic carboxylic acids is 1. The molecule has 0 fully saturated rings. The van der Waals surface area contributed by atoms with E-state index in [2.05, 4.69) is 10.3 Å². The Balaban J connectivity index is 1.93. The highest BCUT2D eigenvalue weighted by molar-refractivity contribution is 7.15. The van der Waals surface area contributed by atoms with Crippen LogP contribution in [0.15, 0.2) is 30.5 Å². The number of hydrogen-bond acceptors (Lipinski definition) is 5. The third kappa shape index (κ3) is 4.42. The number of carbonyl (C=O) groups is 1. The van der Waals surface area contributed by atoms with Gasteiger partial charge in [0.15, 0.2) is 11.1 Å². The highest BCUT2D eigenvalue weighted by Crippen LogP contribution is 2.21. The third-order valence-electron chi connectivity index (χ3n) is 2.19. The predicted molar refractivity (Wildman–Crippen MR) is 74.0 cm³/mol. The minimum Gasteiger partial charge on any atom is -0.482 e. The van der Waals surface area contributed by atoms with Crippen molar-refractivity contribution in [2.45, 2.75) is 6.54 Å². The summed E-state index contributed by atoms with van der Waals surface area (Å²) in [5.74, 6) is -0.493. The lowest BCUT2D eigenvalue weighted by atomic mass is 10.3. The number of benzene rings is 1. The lowest BCUT2D eigenvalue weighted by molar-refractivity contribution is -0.139. The number of nitrogens with one attached hydrogen (secondary N) is 1. The topological polar surface area (TPSA) is 71.5 Å². The van der Waals surface area contributed by atoms with Crippen molar-refractivity contribution in [2.24, 2.45) is 0 Å². The van der Waals surface area contributed by atoms with Gasteiger partial charge in [-0.15, -0.1) is 11.3 Å². The first-order valence-corrected chi connectivity index (χ1v) is 6.61. The number of halogens is 1. The molecule has 0 amide bonds. The fourth-order valence-electron chi connectivity index (χ4n) is 1.40. The summed E-state index contributed by atoms with van der Waals surface area (Å²) in [7, 11) is 0. The molecule has 1 heterocycles. The minimum atomic E-state index is -1.00. The van der Waals surface area contributed by atoms with E-state index in [4.69, 9.17) is 21.4 Å². The first kappa shape index (κ1) is 13.6.